The lowest BCUT2D eigenvalue weighted by molar-refractivity contribution is -0.137. The van der Waals surface area contributed by atoms with Crippen LogP contribution >= 0.6 is 35.2 Å². The minimum absolute atomic E-state index is 0.0361. The maximum Gasteiger partial charge on any atom is 0.481 e. The smallest absolute Gasteiger partial charge is 0.386 e. The molecule has 4 heterocycles. The van der Waals surface area contributed by atoms with Crippen molar-refractivity contribution in [3.05, 3.63) is 48.7 Å². The number of imidazole rings is 1. The van der Waals surface area contributed by atoms with Gasteiger partial charge < -0.3 is 61.2 Å². The summed E-state index contributed by atoms with van der Waals surface area (Å²) in [7, 11) is -16.4. The molecule has 3 unspecified atom stereocenters. The van der Waals surface area contributed by atoms with Gasteiger partial charge in [0, 0.05) is 47.8 Å². The summed E-state index contributed by atoms with van der Waals surface area (Å²) >= 11 is 1.70. The SMILES string of the molecule is CC(C)(COP(=O)(O)OP(=O)(O)OC[C@H]1OC(n2cnc3c(N)ncnc32)[C@@H](O)[C@@H]1OP(=O)(O)O)[C@@H](O)C(=O)NCCC(=O)NCCSCCCNCCc1c[nH]c2ccccc12. The lowest BCUT2D eigenvalue weighted by atomic mass is 9.87. The maximum atomic E-state index is 12.7. The van der Waals surface area contributed by atoms with Gasteiger partial charge in [0.1, 0.15) is 36.3 Å². The largest absolute Gasteiger partial charge is 0.481 e. The average molecular weight is 968 g/mol. The number of phosphoric acid groups is 3. The van der Waals surface area contributed by atoms with Crippen molar-refractivity contribution in [3.8, 4) is 0 Å². The molecular weight excluding hydrogens is 915 g/mol. The van der Waals surface area contributed by atoms with Crippen LogP contribution < -0.4 is 21.7 Å². The van der Waals surface area contributed by atoms with E-state index < -0.39 is 78.6 Å². The Balaban J connectivity index is 0.966. The molecule has 350 valence electrons. The summed E-state index contributed by atoms with van der Waals surface area (Å²) in [4.78, 5) is 79.3. The number of aliphatic hydroxyl groups is 2. The molecule has 0 spiro atoms. The van der Waals surface area contributed by atoms with Crippen molar-refractivity contribution in [2.24, 2.45) is 5.41 Å². The van der Waals surface area contributed by atoms with Crippen molar-refractivity contribution in [2.45, 2.75) is 63.8 Å². The second-order valence-corrected chi connectivity index (χ2v) is 20.4. The highest BCUT2D eigenvalue weighted by Crippen LogP contribution is 2.61. The topological polar surface area (TPSA) is 374 Å². The summed E-state index contributed by atoms with van der Waals surface area (Å²) in [6, 6.07) is 8.19. The normalized spacial score (nSPS) is 20.7. The third-order valence-corrected chi connectivity index (χ3v) is 13.7. The Bertz CT molecular complexity index is 2320. The number of rotatable bonds is 26. The molecule has 2 amide bonds. The summed E-state index contributed by atoms with van der Waals surface area (Å²) in [6.45, 7) is 2.61. The third-order valence-electron chi connectivity index (χ3n) is 9.53. The van der Waals surface area contributed by atoms with Crippen molar-refractivity contribution in [1.29, 1.82) is 0 Å². The number of para-hydroxylation sites is 1. The van der Waals surface area contributed by atoms with Gasteiger partial charge in [0.05, 0.1) is 19.5 Å². The number of hydrogen-bond acceptors (Lipinski definition) is 18. The van der Waals surface area contributed by atoms with Crippen LogP contribution in [0.5, 0.6) is 0 Å². The second-order valence-electron chi connectivity index (χ2n) is 14.9. The van der Waals surface area contributed by atoms with Gasteiger partial charge in [-0.05, 0) is 43.3 Å². The van der Waals surface area contributed by atoms with Gasteiger partial charge in [-0.1, -0.05) is 32.0 Å². The molecule has 0 bridgehead atoms. The number of carbonyl (C=O) groups excluding carboxylic acids is 2. The van der Waals surface area contributed by atoms with Crippen LogP contribution in [0.3, 0.4) is 0 Å². The molecule has 0 radical (unpaired) electrons. The molecule has 63 heavy (non-hydrogen) atoms. The van der Waals surface area contributed by atoms with Gasteiger partial charge in [0.25, 0.3) is 0 Å². The molecule has 0 aliphatic carbocycles. The fraction of sp³-hybridized carbons (Fsp3) is 0.559. The van der Waals surface area contributed by atoms with Gasteiger partial charge in [-0.2, -0.15) is 16.1 Å². The van der Waals surface area contributed by atoms with Gasteiger partial charge in [-0.3, -0.25) is 27.7 Å². The number of thioether (sulfide) groups is 1. The minimum atomic E-state index is -5.56. The number of carbonyl (C=O) groups is 2. The van der Waals surface area contributed by atoms with Gasteiger partial charge in [-0.25, -0.2) is 28.6 Å². The van der Waals surface area contributed by atoms with Gasteiger partial charge in [0.2, 0.25) is 11.8 Å². The van der Waals surface area contributed by atoms with Crippen molar-refractivity contribution >= 4 is 74.9 Å². The molecule has 0 saturated carbocycles. The first-order chi connectivity index (χ1) is 29.7. The molecule has 12 N–H and O–H groups in total. The highest BCUT2D eigenvalue weighted by molar-refractivity contribution is 7.99. The Morgan fingerprint density at radius 3 is 2.52 bits per heavy atom. The zero-order chi connectivity index (χ0) is 46.0. The van der Waals surface area contributed by atoms with Crippen LogP contribution in [-0.4, -0.2) is 141 Å². The van der Waals surface area contributed by atoms with Crippen LogP contribution in [0, 0.1) is 5.41 Å². The number of aromatic amines is 1. The molecule has 1 fully saturated rings. The van der Waals surface area contributed by atoms with Crippen molar-refractivity contribution in [3.63, 3.8) is 0 Å². The monoisotopic (exact) mass is 967 g/mol. The summed E-state index contributed by atoms with van der Waals surface area (Å²) in [6.07, 6.45) is -2.82. The maximum absolute atomic E-state index is 12.7. The second kappa shape index (κ2) is 22.2. The highest BCUT2D eigenvalue weighted by Gasteiger charge is 2.50. The molecule has 1 saturated heterocycles. The number of benzene rings is 1. The van der Waals surface area contributed by atoms with Crippen molar-refractivity contribution < 1.29 is 75.7 Å². The number of aliphatic hydroxyl groups excluding tert-OH is 2. The van der Waals surface area contributed by atoms with Gasteiger partial charge in [-0.15, -0.1) is 0 Å². The lowest BCUT2D eigenvalue weighted by Gasteiger charge is -2.30. The predicted molar refractivity (Wildman–Crippen MR) is 226 cm³/mol. The number of aromatic nitrogens is 5. The minimum Gasteiger partial charge on any atom is -0.386 e. The molecule has 3 aromatic heterocycles. The van der Waals surface area contributed by atoms with E-state index >= 15 is 0 Å². The Morgan fingerprint density at radius 1 is 1.02 bits per heavy atom. The van der Waals surface area contributed by atoms with E-state index in [-0.39, 0.29) is 35.9 Å². The molecule has 1 aliphatic rings. The van der Waals surface area contributed by atoms with Crippen LogP contribution in [0.15, 0.2) is 43.1 Å². The molecule has 4 aromatic rings. The van der Waals surface area contributed by atoms with E-state index in [1.165, 1.54) is 24.8 Å². The number of phosphoric ester groups is 3. The number of amides is 2. The van der Waals surface area contributed by atoms with Crippen LogP contribution in [0.2, 0.25) is 0 Å². The number of nitrogens with zero attached hydrogens (tertiary/aromatic N) is 4. The molecule has 1 aromatic carbocycles. The molecule has 1 aliphatic heterocycles. The first kappa shape index (κ1) is 50.6. The van der Waals surface area contributed by atoms with E-state index in [0.29, 0.717) is 12.3 Å². The Labute approximate surface area is 364 Å². The van der Waals surface area contributed by atoms with Crippen LogP contribution in [0.25, 0.3) is 22.1 Å². The fourth-order valence-corrected chi connectivity index (χ4v) is 9.92. The first-order valence-electron chi connectivity index (χ1n) is 19.4. The molecule has 29 heteroatoms. The Kier molecular flexibility index (Phi) is 17.8. The van der Waals surface area contributed by atoms with Gasteiger partial charge >= 0.3 is 23.5 Å². The number of nitrogens with one attached hydrogen (secondary N) is 4. The molecule has 25 nitrogen and oxygen atoms in total. The standard InChI is InChI=1S/C34H52N9O16P3S/c1-34(2,29(46)32(47)38-12-9-25(44)37-13-15-63-14-5-10-36-11-8-21-16-39-23-7-4-3-6-22(21)23)18-56-62(53,54)59-61(51,52)55-17-24-28(58-60(48,49)50)27(45)33(57-24)43-20-42-26-30(35)40-19-41-31(26)43/h3-4,6-7,16,19-20,24,27-29,33,36,39,45-46H,5,8-15,17-18H2,1-2H3,(H,37,44)(H,38,47)(H,51,52)(H,53,54)(H2,35,40,41)(H2,48,49,50)/t24-,27+,28-,29+,33?/m1/s1. The number of anilines is 1. The molecular formula is C34H52N9O16P3S. The van der Waals surface area contributed by atoms with E-state index in [9.17, 15) is 53.1 Å². The summed E-state index contributed by atoms with van der Waals surface area (Å²) in [5.74, 6) is 0.315. The number of fused-ring (bicyclic) bond motifs is 2. The van der Waals surface area contributed by atoms with Crippen molar-refractivity contribution in [1.82, 2.24) is 40.5 Å². The van der Waals surface area contributed by atoms with Crippen LogP contribution in [0.4, 0.5) is 5.82 Å². The number of ether oxygens (including phenoxy) is 1. The highest BCUT2D eigenvalue weighted by atomic mass is 32.2. The van der Waals surface area contributed by atoms with Crippen LogP contribution in [0.1, 0.15) is 38.5 Å². The van der Waals surface area contributed by atoms with E-state index in [4.69, 9.17) is 19.5 Å². The quantitative estimate of drug-likeness (QED) is 0.0307. The van der Waals surface area contributed by atoms with Crippen LogP contribution in [-0.2, 0) is 52.3 Å². The van der Waals surface area contributed by atoms with E-state index in [2.05, 4.69) is 56.9 Å². The number of hydrogen-bond donors (Lipinski definition) is 11. The number of nitrogen functional groups attached to an aromatic ring is 1. The lowest BCUT2D eigenvalue weighted by Crippen LogP contribution is -2.46. The van der Waals surface area contributed by atoms with Gasteiger partial charge in [0.15, 0.2) is 17.7 Å². The third kappa shape index (κ3) is 14.8. The zero-order valence-electron chi connectivity index (χ0n) is 34.1. The summed E-state index contributed by atoms with van der Waals surface area (Å²) in [5.41, 5.74) is 6.72. The van der Waals surface area contributed by atoms with E-state index in [1.807, 2.05) is 18.3 Å². The molecule has 5 rings (SSSR count). The average Bonchev–Trinajstić information content (AvgIpc) is 3.91. The zero-order valence-corrected chi connectivity index (χ0v) is 37.6. The molecule has 7 atom stereocenters. The Morgan fingerprint density at radius 2 is 1.76 bits per heavy atom. The predicted octanol–water partition coefficient (Wildman–Crippen LogP) is 0.842. The van der Waals surface area contributed by atoms with E-state index in [1.54, 1.807) is 11.8 Å². The first-order valence-corrected chi connectivity index (χ1v) is 25.1. The fourth-order valence-electron chi connectivity index (χ4n) is 6.29. The summed E-state index contributed by atoms with van der Waals surface area (Å²) in [5, 5.41) is 31.4. The summed E-state index contributed by atoms with van der Waals surface area (Å²) < 4.78 is 62.4. The van der Waals surface area contributed by atoms with E-state index in [0.717, 1.165) is 54.4 Å². The number of H-pyrrole nitrogens is 1. The Hall–Kier alpha value is -3.39. The van der Waals surface area contributed by atoms with Crippen molar-refractivity contribution in [2.75, 3.05) is 56.6 Å². The number of nitrogens with two attached hydrogens (primary N) is 1.